The van der Waals surface area contributed by atoms with Crippen LogP contribution >= 0.6 is 11.8 Å². The molecule has 3 aromatic rings. The summed E-state index contributed by atoms with van der Waals surface area (Å²) in [6.07, 6.45) is 1.76. The molecular formula is C21H23N3O2S. The highest BCUT2D eigenvalue weighted by atomic mass is 32.2. The molecule has 0 unspecified atom stereocenters. The summed E-state index contributed by atoms with van der Waals surface area (Å²) in [5.74, 6) is 2.83. The van der Waals surface area contributed by atoms with Crippen LogP contribution in [0.4, 0.5) is 0 Å². The van der Waals surface area contributed by atoms with E-state index in [0.29, 0.717) is 16.8 Å². The first kappa shape index (κ1) is 18.1. The number of hydrogen-bond acceptors (Lipinski definition) is 5. The average molecular weight is 382 g/mol. The fourth-order valence-electron chi connectivity index (χ4n) is 2.85. The van der Waals surface area contributed by atoms with Crippen molar-refractivity contribution >= 4 is 11.8 Å². The van der Waals surface area contributed by atoms with Gasteiger partial charge in [0, 0.05) is 11.7 Å². The van der Waals surface area contributed by atoms with Crippen molar-refractivity contribution in [3.63, 3.8) is 0 Å². The molecule has 2 aromatic carbocycles. The molecule has 5 nitrogen and oxygen atoms in total. The number of benzene rings is 2. The largest absolute Gasteiger partial charge is 0.491 e. The van der Waals surface area contributed by atoms with Crippen molar-refractivity contribution in [1.29, 1.82) is 0 Å². The van der Waals surface area contributed by atoms with E-state index in [1.54, 1.807) is 0 Å². The molecule has 0 aliphatic heterocycles. The predicted octanol–water partition coefficient (Wildman–Crippen LogP) is 3.99. The van der Waals surface area contributed by atoms with E-state index in [1.807, 2.05) is 66.2 Å². The van der Waals surface area contributed by atoms with Crippen molar-refractivity contribution in [1.82, 2.24) is 14.8 Å². The smallest absolute Gasteiger partial charge is 0.209 e. The number of hydrogen-bond donors (Lipinski definition) is 1. The van der Waals surface area contributed by atoms with E-state index in [2.05, 4.69) is 5.10 Å². The highest BCUT2D eigenvalue weighted by Gasteiger charge is 2.30. The molecule has 0 spiro atoms. The topological polar surface area (TPSA) is 60.2 Å². The van der Waals surface area contributed by atoms with Crippen LogP contribution in [-0.4, -0.2) is 38.3 Å². The SMILES string of the molecule is Cc1ccccc1OC[C@@H](O)CSc1nc(C2CC2)n(-c2ccccc2)n1. The molecule has 1 aliphatic rings. The Balaban J connectivity index is 1.37. The van der Waals surface area contributed by atoms with Gasteiger partial charge in [0.05, 0.1) is 11.8 Å². The minimum absolute atomic E-state index is 0.257. The second kappa shape index (κ2) is 8.15. The van der Waals surface area contributed by atoms with Gasteiger partial charge in [-0.15, -0.1) is 5.10 Å². The second-order valence-electron chi connectivity index (χ2n) is 6.82. The first-order valence-corrected chi connectivity index (χ1v) is 10.2. The van der Waals surface area contributed by atoms with Gasteiger partial charge in [-0.25, -0.2) is 9.67 Å². The number of rotatable bonds is 8. The lowest BCUT2D eigenvalue weighted by atomic mass is 10.2. The lowest BCUT2D eigenvalue weighted by molar-refractivity contribution is 0.126. The molecule has 0 radical (unpaired) electrons. The third kappa shape index (κ3) is 4.51. The Morgan fingerprint density at radius 2 is 1.89 bits per heavy atom. The molecule has 1 N–H and O–H groups in total. The lowest BCUT2D eigenvalue weighted by Gasteiger charge is -2.12. The molecule has 1 atom stereocenters. The molecule has 1 aromatic heterocycles. The summed E-state index contributed by atoms with van der Waals surface area (Å²) < 4.78 is 7.66. The normalized spacial score (nSPS) is 14.9. The minimum atomic E-state index is -0.581. The first-order valence-electron chi connectivity index (χ1n) is 9.22. The number of aliphatic hydroxyl groups excluding tert-OH is 1. The van der Waals surface area contributed by atoms with Gasteiger partial charge in [-0.05, 0) is 43.5 Å². The molecule has 0 amide bonds. The Morgan fingerprint density at radius 1 is 1.15 bits per heavy atom. The lowest BCUT2D eigenvalue weighted by Crippen LogP contribution is -2.20. The van der Waals surface area contributed by atoms with Crippen LogP contribution in [0.3, 0.4) is 0 Å². The van der Waals surface area contributed by atoms with Crippen molar-refractivity contribution in [2.75, 3.05) is 12.4 Å². The van der Waals surface area contributed by atoms with Crippen LogP contribution in [0.1, 0.15) is 30.1 Å². The van der Waals surface area contributed by atoms with Crippen molar-refractivity contribution < 1.29 is 9.84 Å². The number of aromatic nitrogens is 3. The molecule has 6 heteroatoms. The second-order valence-corrected chi connectivity index (χ2v) is 7.80. The highest BCUT2D eigenvalue weighted by molar-refractivity contribution is 7.99. The van der Waals surface area contributed by atoms with Gasteiger partial charge in [0.2, 0.25) is 5.16 Å². The van der Waals surface area contributed by atoms with Gasteiger partial charge in [-0.2, -0.15) is 0 Å². The zero-order chi connectivity index (χ0) is 18.6. The minimum Gasteiger partial charge on any atom is -0.491 e. The standard InChI is InChI=1S/C21H23N3O2S/c1-15-7-5-6-10-19(15)26-13-18(25)14-27-21-22-20(16-11-12-16)24(23-21)17-8-3-2-4-9-17/h2-10,16,18,25H,11-14H2,1H3/t18-/m1/s1. The Labute approximate surface area is 163 Å². The molecule has 4 rings (SSSR count). The Bertz CT molecular complexity index is 893. The van der Waals surface area contributed by atoms with E-state index < -0.39 is 6.10 Å². The fourth-order valence-corrected chi connectivity index (χ4v) is 3.59. The van der Waals surface area contributed by atoms with E-state index in [4.69, 9.17) is 9.72 Å². The van der Waals surface area contributed by atoms with Gasteiger partial charge in [-0.1, -0.05) is 48.2 Å². The number of ether oxygens (including phenoxy) is 1. The Hall–Kier alpha value is -2.31. The molecule has 0 bridgehead atoms. The van der Waals surface area contributed by atoms with Crippen LogP contribution in [0.25, 0.3) is 5.69 Å². The van der Waals surface area contributed by atoms with Crippen molar-refractivity contribution in [3.8, 4) is 11.4 Å². The molecule has 140 valence electrons. The molecule has 1 heterocycles. The van der Waals surface area contributed by atoms with E-state index in [1.165, 1.54) is 24.6 Å². The summed E-state index contributed by atoms with van der Waals surface area (Å²) in [5, 5.41) is 15.6. The first-order chi connectivity index (χ1) is 13.2. The van der Waals surface area contributed by atoms with Crippen LogP contribution in [0, 0.1) is 6.92 Å². The number of aryl methyl sites for hydroxylation is 1. The van der Waals surface area contributed by atoms with Crippen molar-refractivity contribution in [2.24, 2.45) is 0 Å². The Kier molecular flexibility index (Phi) is 5.45. The summed E-state index contributed by atoms with van der Waals surface area (Å²) in [6.45, 7) is 2.25. The summed E-state index contributed by atoms with van der Waals surface area (Å²) in [7, 11) is 0. The summed E-state index contributed by atoms with van der Waals surface area (Å²) >= 11 is 1.47. The fraction of sp³-hybridized carbons (Fsp3) is 0.333. The van der Waals surface area contributed by atoms with Crippen molar-refractivity contribution in [3.05, 3.63) is 66.0 Å². The number of para-hydroxylation sites is 2. The van der Waals surface area contributed by atoms with Crippen LogP contribution < -0.4 is 4.74 Å². The summed E-state index contributed by atoms with van der Waals surface area (Å²) in [5.41, 5.74) is 2.09. The van der Waals surface area contributed by atoms with Crippen LogP contribution in [0.15, 0.2) is 59.8 Å². The van der Waals surface area contributed by atoms with Crippen LogP contribution in [0.2, 0.25) is 0 Å². The summed E-state index contributed by atoms with van der Waals surface area (Å²) in [6, 6.07) is 17.9. The van der Waals surface area contributed by atoms with Crippen LogP contribution in [0.5, 0.6) is 5.75 Å². The summed E-state index contributed by atoms with van der Waals surface area (Å²) in [4.78, 5) is 4.72. The van der Waals surface area contributed by atoms with Gasteiger partial charge in [0.25, 0.3) is 0 Å². The molecule has 27 heavy (non-hydrogen) atoms. The number of nitrogens with zero attached hydrogens (tertiary/aromatic N) is 3. The third-order valence-corrected chi connectivity index (χ3v) is 5.47. The zero-order valence-electron chi connectivity index (χ0n) is 15.3. The highest BCUT2D eigenvalue weighted by Crippen LogP contribution is 2.40. The average Bonchev–Trinajstić information content (AvgIpc) is 3.46. The van der Waals surface area contributed by atoms with Crippen molar-refractivity contribution in [2.45, 2.75) is 36.9 Å². The molecule has 1 fully saturated rings. The Morgan fingerprint density at radius 3 is 2.63 bits per heavy atom. The maximum Gasteiger partial charge on any atom is 0.209 e. The third-order valence-electron chi connectivity index (χ3n) is 4.49. The maximum atomic E-state index is 10.3. The molecule has 1 saturated carbocycles. The van der Waals surface area contributed by atoms with Gasteiger partial charge in [0.15, 0.2) is 0 Å². The number of thioether (sulfide) groups is 1. The predicted molar refractivity (Wildman–Crippen MR) is 107 cm³/mol. The quantitative estimate of drug-likeness (QED) is 0.598. The van der Waals surface area contributed by atoms with Gasteiger partial charge < -0.3 is 9.84 Å². The monoisotopic (exact) mass is 381 g/mol. The molecular weight excluding hydrogens is 358 g/mol. The van der Waals surface area contributed by atoms with E-state index in [9.17, 15) is 5.11 Å². The molecule has 0 saturated heterocycles. The maximum absolute atomic E-state index is 10.3. The van der Waals surface area contributed by atoms with Gasteiger partial charge >= 0.3 is 0 Å². The van der Waals surface area contributed by atoms with Crippen LogP contribution in [-0.2, 0) is 0 Å². The van der Waals surface area contributed by atoms with E-state index >= 15 is 0 Å². The van der Waals surface area contributed by atoms with Gasteiger partial charge in [0.1, 0.15) is 18.2 Å². The molecule has 1 aliphatic carbocycles. The number of aliphatic hydroxyl groups is 1. The zero-order valence-corrected chi connectivity index (χ0v) is 16.1. The van der Waals surface area contributed by atoms with Gasteiger partial charge in [-0.3, -0.25) is 0 Å². The van der Waals surface area contributed by atoms with E-state index in [-0.39, 0.29) is 6.61 Å². The van der Waals surface area contributed by atoms with E-state index in [0.717, 1.165) is 22.8 Å².